The molecule has 0 saturated carbocycles. The highest BCUT2D eigenvalue weighted by molar-refractivity contribution is 5.89. The second-order valence-corrected chi connectivity index (χ2v) is 6.04. The molecule has 0 radical (unpaired) electrons. The number of urea groups is 1. The van der Waals surface area contributed by atoms with Gasteiger partial charge >= 0.3 is 6.03 Å². The number of ether oxygens (including phenoxy) is 1. The molecular formula is C16H21F2N3O2. The predicted molar refractivity (Wildman–Crippen MR) is 83.8 cm³/mol. The third-order valence-electron chi connectivity index (χ3n) is 4.22. The lowest BCUT2D eigenvalue weighted by Crippen LogP contribution is -2.46. The number of nitrogens with zero attached hydrogens (tertiary/aromatic N) is 2. The van der Waals surface area contributed by atoms with Gasteiger partial charge in [0.2, 0.25) is 0 Å². The Morgan fingerprint density at radius 2 is 1.87 bits per heavy atom. The zero-order chi connectivity index (χ0) is 16.4. The van der Waals surface area contributed by atoms with E-state index in [1.807, 2.05) is 6.92 Å². The van der Waals surface area contributed by atoms with Crippen LogP contribution >= 0.6 is 0 Å². The maximum atomic E-state index is 14.3. The number of carbonyl (C=O) groups excluding carboxylic acids is 1. The lowest BCUT2D eigenvalue weighted by molar-refractivity contribution is -0.00138. The van der Waals surface area contributed by atoms with E-state index < -0.39 is 11.6 Å². The SMILES string of the molecule is C[C@@H]1CN(C(=O)Nc2cc(F)c(N3CCCC3)c(F)c2)CCO1. The molecular weight excluding hydrogens is 304 g/mol. The van der Waals surface area contributed by atoms with E-state index in [1.54, 1.807) is 9.80 Å². The summed E-state index contributed by atoms with van der Waals surface area (Å²) < 4.78 is 33.9. The van der Waals surface area contributed by atoms with Gasteiger partial charge < -0.3 is 19.9 Å². The summed E-state index contributed by atoms with van der Waals surface area (Å²) >= 11 is 0. The fourth-order valence-electron chi connectivity index (χ4n) is 3.09. The van der Waals surface area contributed by atoms with E-state index in [-0.39, 0.29) is 23.5 Å². The Hall–Kier alpha value is -1.89. The number of halogens is 2. The van der Waals surface area contributed by atoms with Crippen molar-refractivity contribution in [2.75, 3.05) is 43.0 Å². The molecule has 23 heavy (non-hydrogen) atoms. The number of rotatable bonds is 2. The molecule has 7 heteroatoms. The monoisotopic (exact) mass is 325 g/mol. The molecule has 1 aromatic carbocycles. The minimum Gasteiger partial charge on any atom is -0.375 e. The first-order chi connectivity index (χ1) is 11.0. The molecule has 3 rings (SSSR count). The van der Waals surface area contributed by atoms with Crippen LogP contribution in [-0.2, 0) is 4.74 Å². The van der Waals surface area contributed by atoms with Crippen molar-refractivity contribution >= 4 is 17.4 Å². The fraction of sp³-hybridized carbons (Fsp3) is 0.562. The molecule has 2 saturated heterocycles. The van der Waals surface area contributed by atoms with Gasteiger partial charge in [0, 0.05) is 31.9 Å². The van der Waals surface area contributed by atoms with Crippen molar-refractivity contribution in [2.45, 2.75) is 25.9 Å². The molecule has 1 atom stereocenters. The number of nitrogens with one attached hydrogen (secondary N) is 1. The molecule has 1 N–H and O–H groups in total. The first-order valence-corrected chi connectivity index (χ1v) is 7.96. The van der Waals surface area contributed by atoms with Crippen molar-refractivity contribution in [1.29, 1.82) is 0 Å². The van der Waals surface area contributed by atoms with Gasteiger partial charge in [-0.05, 0) is 31.9 Å². The minimum absolute atomic E-state index is 0.000457. The average molecular weight is 325 g/mol. The molecule has 5 nitrogen and oxygen atoms in total. The molecule has 0 aliphatic carbocycles. The number of hydrogen-bond donors (Lipinski definition) is 1. The Morgan fingerprint density at radius 3 is 2.48 bits per heavy atom. The van der Waals surface area contributed by atoms with Crippen LogP contribution in [0.5, 0.6) is 0 Å². The van der Waals surface area contributed by atoms with E-state index in [9.17, 15) is 13.6 Å². The predicted octanol–water partition coefficient (Wildman–Crippen LogP) is 2.82. The van der Waals surface area contributed by atoms with Crippen LogP contribution in [0.2, 0.25) is 0 Å². The highest BCUT2D eigenvalue weighted by Crippen LogP contribution is 2.29. The topological polar surface area (TPSA) is 44.8 Å². The summed E-state index contributed by atoms with van der Waals surface area (Å²) in [7, 11) is 0. The number of amides is 2. The molecule has 2 fully saturated rings. The summed E-state index contributed by atoms with van der Waals surface area (Å²) in [6.45, 7) is 4.58. The molecule has 0 spiro atoms. The lowest BCUT2D eigenvalue weighted by atomic mass is 10.2. The van der Waals surface area contributed by atoms with Crippen molar-refractivity contribution in [3.05, 3.63) is 23.8 Å². The quantitative estimate of drug-likeness (QED) is 0.909. The number of carbonyl (C=O) groups is 1. The lowest BCUT2D eigenvalue weighted by Gasteiger charge is -2.31. The Bertz CT molecular complexity index is 568. The molecule has 2 amide bonds. The Kier molecular flexibility index (Phi) is 4.66. The van der Waals surface area contributed by atoms with Gasteiger partial charge in [-0.15, -0.1) is 0 Å². The summed E-state index contributed by atoms with van der Waals surface area (Å²) in [6, 6.07) is 1.99. The largest absolute Gasteiger partial charge is 0.375 e. The molecule has 126 valence electrons. The van der Waals surface area contributed by atoms with Crippen LogP contribution < -0.4 is 10.2 Å². The van der Waals surface area contributed by atoms with Crippen LogP contribution in [0.3, 0.4) is 0 Å². The Labute approximate surface area is 134 Å². The zero-order valence-corrected chi connectivity index (χ0v) is 13.1. The van der Waals surface area contributed by atoms with E-state index in [1.165, 1.54) is 12.1 Å². The van der Waals surface area contributed by atoms with Crippen LogP contribution in [0.15, 0.2) is 12.1 Å². The van der Waals surface area contributed by atoms with E-state index in [0.29, 0.717) is 32.8 Å². The van der Waals surface area contributed by atoms with Crippen molar-refractivity contribution in [2.24, 2.45) is 0 Å². The summed E-state index contributed by atoms with van der Waals surface area (Å²) in [5, 5.41) is 2.56. The normalized spacial score (nSPS) is 21.6. The maximum absolute atomic E-state index is 14.3. The number of benzene rings is 1. The maximum Gasteiger partial charge on any atom is 0.322 e. The highest BCUT2D eigenvalue weighted by Gasteiger charge is 2.24. The molecule has 1 aromatic rings. The van der Waals surface area contributed by atoms with E-state index >= 15 is 0 Å². The van der Waals surface area contributed by atoms with Crippen LogP contribution in [0.25, 0.3) is 0 Å². The molecule has 2 heterocycles. The Balaban J connectivity index is 1.72. The second-order valence-electron chi connectivity index (χ2n) is 6.04. The van der Waals surface area contributed by atoms with Gasteiger partial charge in [0.25, 0.3) is 0 Å². The molecule has 2 aliphatic rings. The average Bonchev–Trinajstić information content (AvgIpc) is 3.00. The van der Waals surface area contributed by atoms with Crippen molar-refractivity contribution in [1.82, 2.24) is 4.90 Å². The van der Waals surface area contributed by atoms with Gasteiger partial charge in [-0.3, -0.25) is 0 Å². The summed E-state index contributed by atoms with van der Waals surface area (Å²) in [5.41, 5.74) is 0.132. The second kappa shape index (κ2) is 6.70. The Morgan fingerprint density at radius 1 is 1.22 bits per heavy atom. The first kappa shape index (κ1) is 16.0. The van der Waals surface area contributed by atoms with Crippen LogP contribution in [0.1, 0.15) is 19.8 Å². The number of morpholine rings is 1. The molecule has 2 aliphatic heterocycles. The molecule has 0 aromatic heterocycles. The highest BCUT2D eigenvalue weighted by atomic mass is 19.1. The van der Waals surface area contributed by atoms with Crippen molar-refractivity contribution < 1.29 is 18.3 Å². The van der Waals surface area contributed by atoms with Crippen molar-refractivity contribution in [3.8, 4) is 0 Å². The van der Waals surface area contributed by atoms with Gasteiger partial charge in [-0.1, -0.05) is 0 Å². The van der Waals surface area contributed by atoms with Gasteiger partial charge in [0.05, 0.1) is 12.7 Å². The van der Waals surface area contributed by atoms with Gasteiger partial charge in [0.1, 0.15) is 5.69 Å². The van der Waals surface area contributed by atoms with E-state index in [0.717, 1.165) is 12.8 Å². The van der Waals surface area contributed by atoms with Crippen LogP contribution in [0, 0.1) is 11.6 Å². The third-order valence-corrected chi connectivity index (χ3v) is 4.22. The first-order valence-electron chi connectivity index (χ1n) is 7.96. The van der Waals surface area contributed by atoms with Crippen LogP contribution in [-0.4, -0.2) is 49.8 Å². The van der Waals surface area contributed by atoms with Crippen LogP contribution in [0.4, 0.5) is 25.0 Å². The number of anilines is 2. The third kappa shape index (κ3) is 3.55. The van der Waals surface area contributed by atoms with E-state index in [4.69, 9.17) is 4.74 Å². The summed E-state index contributed by atoms with van der Waals surface area (Å²) in [5.74, 6) is -1.28. The summed E-state index contributed by atoms with van der Waals surface area (Å²) in [4.78, 5) is 15.5. The summed E-state index contributed by atoms with van der Waals surface area (Å²) in [6.07, 6.45) is 1.83. The van der Waals surface area contributed by atoms with E-state index in [2.05, 4.69) is 5.32 Å². The molecule has 0 bridgehead atoms. The zero-order valence-electron chi connectivity index (χ0n) is 13.1. The smallest absolute Gasteiger partial charge is 0.322 e. The molecule has 0 unspecified atom stereocenters. The minimum atomic E-state index is -0.641. The van der Waals surface area contributed by atoms with Gasteiger partial charge in [-0.25, -0.2) is 13.6 Å². The fourth-order valence-corrected chi connectivity index (χ4v) is 3.09. The van der Waals surface area contributed by atoms with Gasteiger partial charge in [0.15, 0.2) is 11.6 Å². The van der Waals surface area contributed by atoms with Gasteiger partial charge in [-0.2, -0.15) is 0 Å². The standard InChI is InChI=1S/C16H21F2N3O2/c1-11-10-21(6-7-23-11)16(22)19-12-8-13(17)15(14(18)9-12)20-4-2-3-5-20/h8-9,11H,2-7,10H2,1H3,(H,19,22)/t11-/m1/s1. The number of hydrogen-bond acceptors (Lipinski definition) is 3. The van der Waals surface area contributed by atoms with Crippen molar-refractivity contribution in [3.63, 3.8) is 0 Å².